The van der Waals surface area contributed by atoms with Gasteiger partial charge in [0.25, 0.3) is 5.91 Å². The van der Waals surface area contributed by atoms with Crippen LogP contribution in [0.25, 0.3) is 0 Å². The number of carbonyl (C=O) groups is 2. The number of hydrogen-bond acceptors (Lipinski definition) is 3. The van der Waals surface area contributed by atoms with Gasteiger partial charge in [0.05, 0.1) is 0 Å². The minimum absolute atomic E-state index is 0.337. The van der Waals surface area contributed by atoms with Crippen LogP contribution in [0.4, 0.5) is 5.69 Å². The highest BCUT2D eigenvalue weighted by atomic mass is 79.9. The number of nitrogens with two attached hydrogens (primary N) is 1. The number of aliphatic carboxylic acids is 1. The Kier molecular flexibility index (Phi) is 5.15. The monoisotopic (exact) mass is 314 g/mol. The summed E-state index contributed by atoms with van der Waals surface area (Å²) in [6.45, 7) is 1.86. The average Bonchev–Trinajstić information content (AvgIpc) is 2.26. The summed E-state index contributed by atoms with van der Waals surface area (Å²) in [5.74, 6) is -1.47. The maximum atomic E-state index is 11.9. The van der Waals surface area contributed by atoms with Gasteiger partial charge in [0, 0.05) is 15.7 Å². The minimum Gasteiger partial charge on any atom is -0.480 e. The van der Waals surface area contributed by atoms with Crippen LogP contribution in [0.3, 0.4) is 0 Å². The average molecular weight is 315 g/mol. The zero-order valence-electron chi connectivity index (χ0n) is 9.94. The highest BCUT2D eigenvalue weighted by Gasteiger charge is 2.19. The molecule has 0 fully saturated rings. The van der Waals surface area contributed by atoms with Crippen LogP contribution in [-0.2, 0) is 4.79 Å². The first kappa shape index (κ1) is 14.5. The molecule has 0 bridgehead atoms. The summed E-state index contributed by atoms with van der Waals surface area (Å²) in [7, 11) is 0. The quantitative estimate of drug-likeness (QED) is 0.725. The van der Waals surface area contributed by atoms with Gasteiger partial charge >= 0.3 is 5.97 Å². The van der Waals surface area contributed by atoms with Crippen molar-refractivity contribution in [3.63, 3.8) is 0 Å². The molecule has 18 heavy (non-hydrogen) atoms. The highest BCUT2D eigenvalue weighted by Crippen LogP contribution is 2.17. The Bertz CT molecular complexity index is 442. The van der Waals surface area contributed by atoms with Crippen LogP contribution in [0.2, 0.25) is 0 Å². The number of benzene rings is 1. The normalized spacial score (nSPS) is 11.9. The molecule has 1 rings (SSSR count). The SMILES string of the molecule is CCC[C@H](NC(=O)c1cc(N)cc(Br)c1)C(=O)O. The van der Waals surface area contributed by atoms with E-state index in [2.05, 4.69) is 21.2 Å². The number of nitrogen functional groups attached to an aromatic ring is 1. The molecule has 0 aliphatic heterocycles. The first-order valence-corrected chi connectivity index (χ1v) is 6.33. The third-order valence-electron chi connectivity index (χ3n) is 2.36. The molecular formula is C12H15BrN2O3. The summed E-state index contributed by atoms with van der Waals surface area (Å²) >= 11 is 3.23. The summed E-state index contributed by atoms with van der Waals surface area (Å²) in [6, 6.07) is 3.89. The third kappa shape index (κ3) is 4.03. The second kappa shape index (κ2) is 6.39. The number of halogens is 1. The van der Waals surface area contributed by atoms with E-state index in [1.165, 1.54) is 6.07 Å². The van der Waals surface area contributed by atoms with Crippen molar-refractivity contribution in [3.8, 4) is 0 Å². The maximum absolute atomic E-state index is 11.9. The topological polar surface area (TPSA) is 92.4 Å². The summed E-state index contributed by atoms with van der Waals surface area (Å²) in [4.78, 5) is 22.8. The van der Waals surface area contributed by atoms with E-state index in [-0.39, 0.29) is 0 Å². The van der Waals surface area contributed by atoms with Gasteiger partial charge in [-0.15, -0.1) is 0 Å². The Balaban J connectivity index is 2.83. The number of carboxylic acid groups (broad SMARTS) is 1. The van der Waals surface area contributed by atoms with Crippen molar-refractivity contribution >= 4 is 33.5 Å². The van der Waals surface area contributed by atoms with Gasteiger partial charge < -0.3 is 16.2 Å². The number of carboxylic acids is 1. The second-order valence-corrected chi connectivity index (χ2v) is 4.84. The number of anilines is 1. The molecule has 0 radical (unpaired) electrons. The van der Waals surface area contributed by atoms with Crippen LogP contribution >= 0.6 is 15.9 Å². The van der Waals surface area contributed by atoms with Crippen LogP contribution in [0.1, 0.15) is 30.1 Å². The van der Waals surface area contributed by atoms with Gasteiger partial charge in [-0.2, -0.15) is 0 Å². The van der Waals surface area contributed by atoms with E-state index >= 15 is 0 Å². The molecule has 98 valence electrons. The number of rotatable bonds is 5. The zero-order chi connectivity index (χ0) is 13.7. The van der Waals surface area contributed by atoms with E-state index in [4.69, 9.17) is 10.8 Å². The van der Waals surface area contributed by atoms with Crippen molar-refractivity contribution in [2.75, 3.05) is 5.73 Å². The van der Waals surface area contributed by atoms with E-state index in [9.17, 15) is 9.59 Å². The molecule has 0 aliphatic carbocycles. The van der Waals surface area contributed by atoms with Gasteiger partial charge in [-0.05, 0) is 24.6 Å². The van der Waals surface area contributed by atoms with Crippen molar-refractivity contribution < 1.29 is 14.7 Å². The number of amides is 1. The first-order valence-electron chi connectivity index (χ1n) is 5.53. The standard InChI is InChI=1S/C12H15BrN2O3/c1-2-3-10(12(17)18)15-11(16)7-4-8(13)6-9(14)5-7/h4-6,10H,2-3,14H2,1H3,(H,15,16)(H,17,18)/t10-/m0/s1. The molecule has 1 amide bonds. The Labute approximate surface area is 113 Å². The Morgan fingerprint density at radius 1 is 1.44 bits per heavy atom. The molecule has 0 heterocycles. The third-order valence-corrected chi connectivity index (χ3v) is 2.82. The lowest BCUT2D eigenvalue weighted by molar-refractivity contribution is -0.139. The summed E-state index contributed by atoms with van der Waals surface area (Å²) in [5.41, 5.74) is 6.40. The molecular weight excluding hydrogens is 300 g/mol. The van der Waals surface area contributed by atoms with Crippen molar-refractivity contribution in [2.24, 2.45) is 0 Å². The summed E-state index contributed by atoms with van der Waals surface area (Å²) < 4.78 is 0.676. The zero-order valence-corrected chi connectivity index (χ0v) is 11.5. The minimum atomic E-state index is -1.03. The van der Waals surface area contributed by atoms with E-state index in [1.54, 1.807) is 12.1 Å². The van der Waals surface area contributed by atoms with Crippen molar-refractivity contribution in [3.05, 3.63) is 28.2 Å². The van der Waals surface area contributed by atoms with Crippen LogP contribution < -0.4 is 11.1 Å². The van der Waals surface area contributed by atoms with Gasteiger partial charge in [0.2, 0.25) is 0 Å². The Morgan fingerprint density at radius 3 is 2.61 bits per heavy atom. The van der Waals surface area contributed by atoms with Crippen LogP contribution in [0.15, 0.2) is 22.7 Å². The number of nitrogens with one attached hydrogen (secondary N) is 1. The molecule has 0 saturated carbocycles. The van der Waals surface area contributed by atoms with Gasteiger partial charge in [0.1, 0.15) is 6.04 Å². The number of carbonyl (C=O) groups excluding carboxylic acids is 1. The van der Waals surface area contributed by atoms with Gasteiger partial charge in [-0.1, -0.05) is 29.3 Å². The van der Waals surface area contributed by atoms with E-state index in [0.29, 0.717) is 28.6 Å². The molecule has 1 aromatic carbocycles. The molecule has 0 saturated heterocycles. The first-order chi connectivity index (χ1) is 8.43. The smallest absolute Gasteiger partial charge is 0.326 e. The lowest BCUT2D eigenvalue weighted by atomic mass is 10.1. The lowest BCUT2D eigenvalue weighted by Gasteiger charge is -2.13. The molecule has 0 unspecified atom stereocenters. The molecule has 0 aromatic heterocycles. The van der Waals surface area contributed by atoms with Gasteiger partial charge in [0.15, 0.2) is 0 Å². The fourth-order valence-electron chi connectivity index (χ4n) is 1.53. The van der Waals surface area contributed by atoms with Gasteiger partial charge in [-0.3, -0.25) is 4.79 Å². The van der Waals surface area contributed by atoms with Crippen molar-refractivity contribution in [1.29, 1.82) is 0 Å². The van der Waals surface area contributed by atoms with Crippen molar-refractivity contribution in [2.45, 2.75) is 25.8 Å². The fraction of sp³-hybridized carbons (Fsp3) is 0.333. The molecule has 0 aliphatic rings. The molecule has 6 heteroatoms. The largest absolute Gasteiger partial charge is 0.480 e. The fourth-order valence-corrected chi connectivity index (χ4v) is 2.04. The predicted octanol–water partition coefficient (Wildman–Crippen LogP) is 2.01. The lowest BCUT2D eigenvalue weighted by Crippen LogP contribution is -2.40. The van der Waals surface area contributed by atoms with Crippen LogP contribution in [0.5, 0.6) is 0 Å². The van der Waals surface area contributed by atoms with E-state index in [0.717, 1.165) is 0 Å². The van der Waals surface area contributed by atoms with Crippen molar-refractivity contribution in [1.82, 2.24) is 5.32 Å². The van der Waals surface area contributed by atoms with E-state index in [1.807, 2.05) is 6.92 Å². The van der Waals surface area contributed by atoms with Crippen LogP contribution in [0, 0.1) is 0 Å². The number of hydrogen-bond donors (Lipinski definition) is 3. The van der Waals surface area contributed by atoms with Gasteiger partial charge in [-0.25, -0.2) is 4.79 Å². The Morgan fingerprint density at radius 2 is 2.11 bits per heavy atom. The summed E-state index contributed by atoms with van der Waals surface area (Å²) in [6.07, 6.45) is 1.07. The predicted molar refractivity (Wildman–Crippen MR) is 72.4 cm³/mol. The molecule has 0 spiro atoms. The molecule has 1 aromatic rings. The second-order valence-electron chi connectivity index (χ2n) is 3.93. The highest BCUT2D eigenvalue weighted by molar-refractivity contribution is 9.10. The van der Waals surface area contributed by atoms with Crippen LogP contribution in [-0.4, -0.2) is 23.0 Å². The van der Waals surface area contributed by atoms with E-state index < -0.39 is 17.9 Å². The maximum Gasteiger partial charge on any atom is 0.326 e. The molecule has 4 N–H and O–H groups in total. The molecule has 1 atom stereocenters. The Hall–Kier alpha value is -1.56. The summed E-state index contributed by atoms with van der Waals surface area (Å²) in [5, 5.41) is 11.4. The molecule has 5 nitrogen and oxygen atoms in total.